The summed E-state index contributed by atoms with van der Waals surface area (Å²) in [5, 5.41) is 38.9. The Hall–Kier alpha value is -1.75. The molecule has 0 aromatic rings. The third-order valence-electron chi connectivity index (χ3n) is 4.39. The Morgan fingerprint density at radius 2 is 2.00 bits per heavy atom. The van der Waals surface area contributed by atoms with Gasteiger partial charge in [0.15, 0.2) is 6.29 Å². The molecular weight excluding hydrogens is 336 g/mol. The van der Waals surface area contributed by atoms with E-state index in [0.29, 0.717) is 5.57 Å². The molecule has 6 unspecified atom stereocenters. The van der Waals surface area contributed by atoms with E-state index in [-0.39, 0.29) is 12.2 Å². The van der Waals surface area contributed by atoms with E-state index in [9.17, 15) is 25.2 Å². The van der Waals surface area contributed by atoms with Crippen molar-refractivity contribution in [1.29, 1.82) is 0 Å². The predicted molar refractivity (Wildman–Crippen MR) is 80.5 cm³/mol. The number of aliphatic hydroxyl groups excluding tert-OH is 4. The molecule has 9 nitrogen and oxygen atoms in total. The number of fused-ring (bicyclic) bond motifs is 1. The number of cyclic esters (lactones) is 1. The number of aliphatic hydroxyl groups is 4. The molecule has 0 radical (unpaired) electrons. The fourth-order valence-electron chi connectivity index (χ4n) is 2.98. The second kappa shape index (κ2) is 7.24. The van der Waals surface area contributed by atoms with E-state index in [4.69, 9.17) is 18.9 Å². The molecule has 3 aliphatic rings. The van der Waals surface area contributed by atoms with Gasteiger partial charge in [-0.15, -0.1) is 6.58 Å². The zero-order valence-corrected chi connectivity index (χ0v) is 13.2. The van der Waals surface area contributed by atoms with E-state index in [2.05, 4.69) is 6.58 Å². The van der Waals surface area contributed by atoms with Crippen LogP contribution in [0.3, 0.4) is 0 Å². The lowest BCUT2D eigenvalue weighted by Gasteiger charge is -2.42. The molecule has 25 heavy (non-hydrogen) atoms. The molecular formula is C16H20O9. The van der Waals surface area contributed by atoms with Crippen LogP contribution in [0.1, 0.15) is 0 Å². The smallest absolute Gasteiger partial charge is 0.341 e. The van der Waals surface area contributed by atoms with Crippen LogP contribution >= 0.6 is 0 Å². The molecule has 4 N–H and O–H groups in total. The van der Waals surface area contributed by atoms with E-state index in [1.165, 1.54) is 12.3 Å². The summed E-state index contributed by atoms with van der Waals surface area (Å²) < 4.78 is 21.2. The van der Waals surface area contributed by atoms with Crippen molar-refractivity contribution in [3.8, 4) is 0 Å². The largest absolute Gasteiger partial charge is 0.471 e. The lowest BCUT2D eigenvalue weighted by Crippen LogP contribution is -2.60. The van der Waals surface area contributed by atoms with Crippen molar-refractivity contribution in [2.75, 3.05) is 13.2 Å². The van der Waals surface area contributed by atoms with E-state index >= 15 is 0 Å². The van der Waals surface area contributed by atoms with Gasteiger partial charge in [0, 0.05) is 0 Å². The van der Waals surface area contributed by atoms with Crippen LogP contribution in [0.25, 0.3) is 0 Å². The second-order valence-corrected chi connectivity index (χ2v) is 5.89. The van der Waals surface area contributed by atoms with Crippen LogP contribution in [-0.4, -0.2) is 76.6 Å². The number of rotatable bonds is 4. The van der Waals surface area contributed by atoms with Crippen LogP contribution in [0.5, 0.6) is 0 Å². The molecule has 0 bridgehead atoms. The minimum absolute atomic E-state index is 0.114. The molecule has 0 aromatic carbocycles. The summed E-state index contributed by atoms with van der Waals surface area (Å²) in [5.74, 6) is -1.06. The lowest BCUT2D eigenvalue weighted by atomic mass is 9.89. The normalized spacial score (nSPS) is 41.0. The molecule has 9 heteroatoms. The van der Waals surface area contributed by atoms with Crippen LogP contribution in [-0.2, 0) is 23.7 Å². The Balaban J connectivity index is 1.78. The summed E-state index contributed by atoms with van der Waals surface area (Å²) >= 11 is 0. The van der Waals surface area contributed by atoms with E-state index in [1.807, 2.05) is 0 Å². The first-order chi connectivity index (χ1) is 12.0. The highest BCUT2D eigenvalue weighted by Crippen LogP contribution is 2.35. The third kappa shape index (κ3) is 3.22. The Morgan fingerprint density at radius 1 is 1.24 bits per heavy atom. The molecule has 0 amide bonds. The van der Waals surface area contributed by atoms with Crippen molar-refractivity contribution in [1.82, 2.24) is 0 Å². The second-order valence-electron chi connectivity index (χ2n) is 5.89. The van der Waals surface area contributed by atoms with Gasteiger partial charge < -0.3 is 39.4 Å². The molecule has 0 spiro atoms. The molecule has 0 aliphatic carbocycles. The summed E-state index contributed by atoms with van der Waals surface area (Å²) in [4.78, 5) is 11.8. The summed E-state index contributed by atoms with van der Waals surface area (Å²) in [7, 11) is 0. The van der Waals surface area contributed by atoms with Gasteiger partial charge in [-0.1, -0.05) is 6.08 Å². The molecule has 0 saturated carbocycles. The molecule has 3 aliphatic heterocycles. The highest BCUT2D eigenvalue weighted by Gasteiger charge is 2.46. The highest BCUT2D eigenvalue weighted by atomic mass is 16.8. The first kappa shape index (κ1) is 18.1. The molecule has 138 valence electrons. The fraction of sp³-hybridized carbons (Fsp3) is 0.562. The zero-order chi connectivity index (χ0) is 18.1. The van der Waals surface area contributed by atoms with Crippen LogP contribution in [0.15, 0.2) is 36.1 Å². The predicted octanol–water partition coefficient (Wildman–Crippen LogP) is -1.67. The Bertz CT molecular complexity index is 596. The maximum Gasteiger partial charge on any atom is 0.341 e. The van der Waals surface area contributed by atoms with Gasteiger partial charge >= 0.3 is 5.97 Å². The first-order valence-corrected chi connectivity index (χ1v) is 7.79. The maximum absolute atomic E-state index is 11.8. The lowest BCUT2D eigenvalue weighted by molar-refractivity contribution is -0.336. The standard InChI is InChI=1S/C16H20O9/c1-2-7-8-3-4-22-14(21)9(8)6-23-15(7)25-16-13(20)12(19)11(18)10(5-17)24-16/h2-3,6-7,10-13,15-20H,1,4-5H2/t7?,10?,11?,12?,13?,15?,16-/m1/s1. The molecule has 1 fully saturated rings. The van der Waals surface area contributed by atoms with Gasteiger partial charge in [0.05, 0.1) is 18.1 Å². The number of hydrogen-bond donors (Lipinski definition) is 4. The summed E-state index contributed by atoms with van der Waals surface area (Å²) in [6.07, 6.45) is -3.61. The monoisotopic (exact) mass is 356 g/mol. The van der Waals surface area contributed by atoms with Crippen LogP contribution in [0, 0.1) is 5.92 Å². The van der Waals surface area contributed by atoms with Crippen molar-refractivity contribution in [2.24, 2.45) is 5.92 Å². The van der Waals surface area contributed by atoms with Crippen molar-refractivity contribution in [2.45, 2.75) is 37.0 Å². The van der Waals surface area contributed by atoms with Crippen molar-refractivity contribution >= 4 is 5.97 Å². The zero-order valence-electron chi connectivity index (χ0n) is 13.2. The third-order valence-corrected chi connectivity index (χ3v) is 4.39. The van der Waals surface area contributed by atoms with E-state index in [0.717, 1.165) is 0 Å². The average molecular weight is 356 g/mol. The van der Waals surface area contributed by atoms with Crippen LogP contribution < -0.4 is 0 Å². The SMILES string of the molecule is C=CC1C2=CCOC(=O)C2=COC1O[C@H]1OC(CO)C(O)C(O)C1O. The Labute approximate surface area is 143 Å². The average Bonchev–Trinajstić information content (AvgIpc) is 2.62. The van der Waals surface area contributed by atoms with Gasteiger partial charge in [-0.2, -0.15) is 0 Å². The maximum atomic E-state index is 11.8. The minimum atomic E-state index is -1.56. The van der Waals surface area contributed by atoms with E-state index < -0.39 is 55.5 Å². The number of esters is 1. The van der Waals surface area contributed by atoms with Gasteiger partial charge in [-0.05, 0) is 11.6 Å². The van der Waals surface area contributed by atoms with Crippen molar-refractivity contribution < 1.29 is 44.2 Å². The summed E-state index contributed by atoms with van der Waals surface area (Å²) in [6.45, 7) is 3.25. The number of hydrogen-bond acceptors (Lipinski definition) is 9. The minimum Gasteiger partial charge on any atom is -0.471 e. The van der Waals surface area contributed by atoms with Gasteiger partial charge in [0.2, 0.25) is 6.29 Å². The Morgan fingerprint density at radius 3 is 2.68 bits per heavy atom. The Kier molecular flexibility index (Phi) is 5.23. The molecule has 0 aromatic heterocycles. The van der Waals surface area contributed by atoms with Gasteiger partial charge in [-0.25, -0.2) is 4.79 Å². The molecule has 3 heterocycles. The highest BCUT2D eigenvalue weighted by molar-refractivity contribution is 5.94. The van der Waals surface area contributed by atoms with Crippen LogP contribution in [0.2, 0.25) is 0 Å². The van der Waals surface area contributed by atoms with Gasteiger partial charge in [-0.3, -0.25) is 0 Å². The van der Waals surface area contributed by atoms with Crippen LogP contribution in [0.4, 0.5) is 0 Å². The fourth-order valence-corrected chi connectivity index (χ4v) is 2.98. The van der Waals surface area contributed by atoms with Gasteiger partial charge in [0.1, 0.15) is 37.3 Å². The summed E-state index contributed by atoms with van der Waals surface area (Å²) in [5.41, 5.74) is 0.872. The molecule has 7 atom stereocenters. The first-order valence-electron chi connectivity index (χ1n) is 7.79. The quantitative estimate of drug-likeness (QED) is 0.344. The number of carbonyl (C=O) groups excluding carboxylic acids is 1. The number of carbonyl (C=O) groups is 1. The molecule has 1 saturated heterocycles. The number of ether oxygens (including phenoxy) is 4. The van der Waals surface area contributed by atoms with Gasteiger partial charge in [0.25, 0.3) is 0 Å². The molecule has 3 rings (SSSR count). The topological polar surface area (TPSA) is 135 Å². The van der Waals surface area contributed by atoms with E-state index in [1.54, 1.807) is 6.08 Å². The summed E-state index contributed by atoms with van der Waals surface area (Å²) in [6, 6.07) is 0. The van der Waals surface area contributed by atoms with Crippen molar-refractivity contribution in [3.63, 3.8) is 0 Å². The van der Waals surface area contributed by atoms with Crippen molar-refractivity contribution in [3.05, 3.63) is 36.1 Å².